The molecule has 0 bridgehead atoms. The van der Waals surface area contributed by atoms with Gasteiger partial charge in [0.15, 0.2) is 0 Å². The molecule has 0 fully saturated rings. The number of urea groups is 1. The van der Waals surface area contributed by atoms with Crippen LogP contribution in [-0.4, -0.2) is 12.3 Å². The molecule has 3 nitrogen and oxygen atoms in total. The fourth-order valence-electron chi connectivity index (χ4n) is 1.77. The Morgan fingerprint density at radius 3 is 2.00 bits per heavy atom. The highest BCUT2D eigenvalue weighted by molar-refractivity contribution is 7.98. The number of amides is 2. The molecule has 0 unspecified atom stereocenters. The summed E-state index contributed by atoms with van der Waals surface area (Å²) in [5.41, 5.74) is 2.18. The molecule has 0 radical (unpaired) electrons. The van der Waals surface area contributed by atoms with Crippen LogP contribution in [0.5, 0.6) is 0 Å². The standard InChI is InChI=1S/C16H18N2OS/c1-20-15-9-7-14(8-10-15)12-18-16(19)17-11-13-5-3-2-4-6-13/h2-10H,11-12H2,1H3,(H2,17,18,19). The fourth-order valence-corrected chi connectivity index (χ4v) is 2.17. The van der Waals surface area contributed by atoms with Gasteiger partial charge < -0.3 is 10.6 Å². The number of carbonyl (C=O) groups is 1. The first-order valence-electron chi connectivity index (χ1n) is 6.46. The zero-order valence-corrected chi connectivity index (χ0v) is 12.2. The number of carbonyl (C=O) groups excluding carboxylic acids is 1. The summed E-state index contributed by atoms with van der Waals surface area (Å²) in [6.45, 7) is 1.08. The maximum absolute atomic E-state index is 11.7. The average Bonchev–Trinajstić information content (AvgIpc) is 2.52. The SMILES string of the molecule is CSc1ccc(CNC(=O)NCc2ccccc2)cc1. The van der Waals surface area contributed by atoms with Crippen LogP contribution < -0.4 is 10.6 Å². The summed E-state index contributed by atoms with van der Waals surface area (Å²) in [5.74, 6) is 0. The predicted molar refractivity (Wildman–Crippen MR) is 83.7 cm³/mol. The molecule has 20 heavy (non-hydrogen) atoms. The van der Waals surface area contributed by atoms with Crippen molar-refractivity contribution in [3.63, 3.8) is 0 Å². The van der Waals surface area contributed by atoms with Crippen LogP contribution in [-0.2, 0) is 13.1 Å². The normalized spacial score (nSPS) is 10.1. The van der Waals surface area contributed by atoms with E-state index < -0.39 is 0 Å². The van der Waals surface area contributed by atoms with Crippen molar-refractivity contribution in [3.8, 4) is 0 Å². The Bertz CT molecular complexity index is 540. The van der Waals surface area contributed by atoms with Crippen molar-refractivity contribution in [1.29, 1.82) is 0 Å². The second-order valence-electron chi connectivity index (χ2n) is 4.37. The maximum Gasteiger partial charge on any atom is 0.315 e. The Morgan fingerprint density at radius 2 is 1.45 bits per heavy atom. The lowest BCUT2D eigenvalue weighted by Crippen LogP contribution is -2.34. The first-order chi connectivity index (χ1) is 9.78. The van der Waals surface area contributed by atoms with E-state index in [1.807, 2.05) is 48.7 Å². The molecule has 2 rings (SSSR count). The molecular weight excluding hydrogens is 268 g/mol. The van der Waals surface area contributed by atoms with Gasteiger partial charge in [-0.25, -0.2) is 4.79 Å². The van der Waals surface area contributed by atoms with Gasteiger partial charge in [-0.2, -0.15) is 0 Å². The summed E-state index contributed by atoms with van der Waals surface area (Å²) in [6.07, 6.45) is 2.05. The minimum Gasteiger partial charge on any atom is -0.334 e. The topological polar surface area (TPSA) is 41.1 Å². The molecule has 0 heterocycles. The smallest absolute Gasteiger partial charge is 0.315 e. The highest BCUT2D eigenvalue weighted by Gasteiger charge is 2.00. The van der Waals surface area contributed by atoms with Crippen molar-refractivity contribution in [3.05, 3.63) is 65.7 Å². The highest BCUT2D eigenvalue weighted by atomic mass is 32.2. The van der Waals surface area contributed by atoms with E-state index in [2.05, 4.69) is 22.8 Å². The van der Waals surface area contributed by atoms with Crippen LogP contribution >= 0.6 is 11.8 Å². The number of hydrogen-bond donors (Lipinski definition) is 2. The molecule has 0 spiro atoms. The third kappa shape index (κ3) is 4.63. The maximum atomic E-state index is 11.7. The molecule has 0 aliphatic heterocycles. The Morgan fingerprint density at radius 1 is 0.900 bits per heavy atom. The van der Waals surface area contributed by atoms with Gasteiger partial charge in [0, 0.05) is 18.0 Å². The van der Waals surface area contributed by atoms with Crippen LogP contribution in [0, 0.1) is 0 Å². The van der Waals surface area contributed by atoms with Gasteiger partial charge in [-0.15, -0.1) is 11.8 Å². The second kappa shape index (κ2) is 7.60. The molecule has 0 atom stereocenters. The minimum atomic E-state index is -0.150. The summed E-state index contributed by atoms with van der Waals surface area (Å²) < 4.78 is 0. The van der Waals surface area contributed by atoms with Crippen LogP contribution in [0.3, 0.4) is 0 Å². The molecule has 0 aliphatic rings. The van der Waals surface area contributed by atoms with E-state index >= 15 is 0 Å². The molecule has 2 amide bonds. The van der Waals surface area contributed by atoms with E-state index in [9.17, 15) is 4.79 Å². The van der Waals surface area contributed by atoms with Crippen LogP contribution in [0.25, 0.3) is 0 Å². The second-order valence-corrected chi connectivity index (χ2v) is 5.25. The number of rotatable bonds is 5. The Labute approximate surface area is 123 Å². The quantitative estimate of drug-likeness (QED) is 0.827. The largest absolute Gasteiger partial charge is 0.334 e. The van der Waals surface area contributed by atoms with Crippen molar-refractivity contribution in [1.82, 2.24) is 10.6 Å². The van der Waals surface area contributed by atoms with E-state index in [1.54, 1.807) is 11.8 Å². The van der Waals surface area contributed by atoms with Gasteiger partial charge >= 0.3 is 6.03 Å². The molecule has 2 aromatic rings. The molecular formula is C16H18N2OS. The molecule has 0 aliphatic carbocycles. The number of hydrogen-bond acceptors (Lipinski definition) is 2. The van der Waals surface area contributed by atoms with E-state index in [0.717, 1.165) is 11.1 Å². The van der Waals surface area contributed by atoms with Gasteiger partial charge in [0.1, 0.15) is 0 Å². The Balaban J connectivity index is 1.74. The van der Waals surface area contributed by atoms with E-state index in [4.69, 9.17) is 0 Å². The van der Waals surface area contributed by atoms with Gasteiger partial charge in [-0.1, -0.05) is 42.5 Å². The minimum absolute atomic E-state index is 0.150. The lowest BCUT2D eigenvalue weighted by molar-refractivity contribution is 0.240. The van der Waals surface area contributed by atoms with Gasteiger partial charge in [0.25, 0.3) is 0 Å². The van der Waals surface area contributed by atoms with Gasteiger partial charge in [0.05, 0.1) is 0 Å². The number of thioether (sulfide) groups is 1. The van der Waals surface area contributed by atoms with E-state index in [-0.39, 0.29) is 6.03 Å². The summed E-state index contributed by atoms with van der Waals surface area (Å²) in [5, 5.41) is 5.69. The average molecular weight is 286 g/mol. The zero-order chi connectivity index (χ0) is 14.2. The van der Waals surface area contributed by atoms with Crippen molar-refractivity contribution >= 4 is 17.8 Å². The van der Waals surface area contributed by atoms with Crippen molar-refractivity contribution in [2.45, 2.75) is 18.0 Å². The first-order valence-corrected chi connectivity index (χ1v) is 7.69. The third-order valence-electron chi connectivity index (χ3n) is 2.91. The van der Waals surface area contributed by atoms with Gasteiger partial charge in [-0.05, 0) is 29.5 Å². The van der Waals surface area contributed by atoms with Crippen LogP contribution in [0.1, 0.15) is 11.1 Å². The van der Waals surface area contributed by atoms with E-state index in [0.29, 0.717) is 13.1 Å². The number of benzene rings is 2. The Hall–Kier alpha value is -1.94. The van der Waals surface area contributed by atoms with Crippen LogP contribution in [0.2, 0.25) is 0 Å². The molecule has 2 aromatic carbocycles. The molecule has 4 heteroatoms. The summed E-state index contributed by atoms with van der Waals surface area (Å²) >= 11 is 1.71. The summed E-state index contributed by atoms with van der Waals surface area (Å²) in [7, 11) is 0. The lowest BCUT2D eigenvalue weighted by Gasteiger charge is -2.08. The van der Waals surface area contributed by atoms with E-state index in [1.165, 1.54) is 4.90 Å². The van der Waals surface area contributed by atoms with Gasteiger partial charge in [0.2, 0.25) is 0 Å². The summed E-state index contributed by atoms with van der Waals surface area (Å²) in [4.78, 5) is 12.9. The molecule has 0 saturated heterocycles. The van der Waals surface area contributed by atoms with Gasteiger partial charge in [-0.3, -0.25) is 0 Å². The lowest BCUT2D eigenvalue weighted by atomic mass is 10.2. The molecule has 104 valence electrons. The Kier molecular flexibility index (Phi) is 5.50. The first kappa shape index (κ1) is 14.5. The molecule has 0 saturated carbocycles. The van der Waals surface area contributed by atoms with Crippen LogP contribution in [0.4, 0.5) is 4.79 Å². The fraction of sp³-hybridized carbons (Fsp3) is 0.188. The zero-order valence-electron chi connectivity index (χ0n) is 11.4. The third-order valence-corrected chi connectivity index (χ3v) is 3.65. The molecule has 2 N–H and O–H groups in total. The predicted octanol–water partition coefficient (Wildman–Crippen LogP) is 3.41. The van der Waals surface area contributed by atoms with Crippen molar-refractivity contribution in [2.24, 2.45) is 0 Å². The summed E-state index contributed by atoms with van der Waals surface area (Å²) in [6, 6.07) is 17.9. The van der Waals surface area contributed by atoms with Crippen LogP contribution in [0.15, 0.2) is 59.5 Å². The van der Waals surface area contributed by atoms with Crippen molar-refractivity contribution in [2.75, 3.05) is 6.26 Å². The number of nitrogens with one attached hydrogen (secondary N) is 2. The highest BCUT2D eigenvalue weighted by Crippen LogP contribution is 2.14. The molecule has 0 aromatic heterocycles. The monoisotopic (exact) mass is 286 g/mol. The van der Waals surface area contributed by atoms with Crippen molar-refractivity contribution < 1.29 is 4.79 Å².